The molecule has 0 saturated heterocycles. The monoisotopic (exact) mass is 259 g/mol. The summed E-state index contributed by atoms with van der Waals surface area (Å²) in [7, 11) is 3.06. The van der Waals surface area contributed by atoms with Gasteiger partial charge in [0.2, 0.25) is 0 Å². The fourth-order valence-corrected chi connectivity index (χ4v) is 1.80. The summed E-state index contributed by atoms with van der Waals surface area (Å²) in [6.45, 7) is 0. The SMILES string of the molecule is CNC(=O)c1ccc(-c2ccc(OC)cc2)cc1F. The quantitative estimate of drug-likeness (QED) is 0.920. The summed E-state index contributed by atoms with van der Waals surface area (Å²) in [5.41, 5.74) is 1.62. The van der Waals surface area contributed by atoms with Gasteiger partial charge in [-0.05, 0) is 35.4 Å². The Bertz CT molecular complexity index is 594. The summed E-state index contributed by atoms with van der Waals surface area (Å²) in [6, 6.07) is 11.8. The molecule has 1 amide bonds. The predicted octanol–water partition coefficient (Wildman–Crippen LogP) is 2.86. The Labute approximate surface area is 111 Å². The van der Waals surface area contributed by atoms with E-state index in [2.05, 4.69) is 5.32 Å². The van der Waals surface area contributed by atoms with Crippen molar-refractivity contribution in [2.24, 2.45) is 0 Å². The third kappa shape index (κ3) is 2.73. The third-order valence-electron chi connectivity index (χ3n) is 2.86. The summed E-state index contributed by atoms with van der Waals surface area (Å²) >= 11 is 0. The number of methoxy groups -OCH3 is 1. The van der Waals surface area contributed by atoms with Gasteiger partial charge >= 0.3 is 0 Å². The highest BCUT2D eigenvalue weighted by Gasteiger charge is 2.11. The summed E-state index contributed by atoms with van der Waals surface area (Å²) < 4.78 is 18.9. The van der Waals surface area contributed by atoms with Crippen LogP contribution in [-0.2, 0) is 0 Å². The molecule has 2 rings (SSSR count). The summed E-state index contributed by atoms with van der Waals surface area (Å²) in [4.78, 5) is 11.4. The van der Waals surface area contributed by atoms with E-state index in [0.29, 0.717) is 5.56 Å². The number of rotatable bonds is 3. The van der Waals surface area contributed by atoms with E-state index in [9.17, 15) is 9.18 Å². The molecular formula is C15H14FNO2. The Morgan fingerprint density at radius 1 is 1.11 bits per heavy atom. The lowest BCUT2D eigenvalue weighted by Crippen LogP contribution is -2.19. The van der Waals surface area contributed by atoms with Gasteiger partial charge in [-0.3, -0.25) is 4.79 Å². The maximum atomic E-state index is 13.8. The second-order valence-corrected chi connectivity index (χ2v) is 4.00. The second kappa shape index (κ2) is 5.52. The number of amides is 1. The Morgan fingerprint density at radius 2 is 1.74 bits per heavy atom. The van der Waals surface area contributed by atoms with Crippen molar-refractivity contribution >= 4 is 5.91 Å². The van der Waals surface area contributed by atoms with E-state index in [4.69, 9.17) is 4.74 Å². The van der Waals surface area contributed by atoms with Crippen molar-refractivity contribution < 1.29 is 13.9 Å². The van der Waals surface area contributed by atoms with Gasteiger partial charge in [-0.2, -0.15) is 0 Å². The molecule has 0 heterocycles. The average Bonchev–Trinajstić information content (AvgIpc) is 2.46. The van der Waals surface area contributed by atoms with Gasteiger partial charge < -0.3 is 10.1 Å². The zero-order valence-corrected chi connectivity index (χ0v) is 10.7. The highest BCUT2D eigenvalue weighted by Crippen LogP contribution is 2.24. The fraction of sp³-hybridized carbons (Fsp3) is 0.133. The van der Waals surface area contributed by atoms with Crippen molar-refractivity contribution in [3.8, 4) is 16.9 Å². The molecule has 0 unspecified atom stereocenters. The van der Waals surface area contributed by atoms with E-state index in [-0.39, 0.29) is 5.56 Å². The standard InChI is InChI=1S/C15H14FNO2/c1-17-15(18)13-8-5-11(9-14(13)16)10-3-6-12(19-2)7-4-10/h3-9H,1-2H3,(H,17,18). The Morgan fingerprint density at radius 3 is 2.26 bits per heavy atom. The zero-order valence-electron chi connectivity index (χ0n) is 10.7. The maximum Gasteiger partial charge on any atom is 0.253 e. The highest BCUT2D eigenvalue weighted by atomic mass is 19.1. The lowest BCUT2D eigenvalue weighted by Gasteiger charge is -2.06. The largest absolute Gasteiger partial charge is 0.497 e. The van der Waals surface area contributed by atoms with Gasteiger partial charge in [-0.25, -0.2) is 4.39 Å². The van der Waals surface area contributed by atoms with Gasteiger partial charge in [-0.15, -0.1) is 0 Å². The van der Waals surface area contributed by atoms with Crippen LogP contribution >= 0.6 is 0 Å². The molecule has 0 spiro atoms. The molecule has 0 saturated carbocycles. The second-order valence-electron chi connectivity index (χ2n) is 4.00. The number of hydrogen-bond donors (Lipinski definition) is 1. The first-order valence-corrected chi connectivity index (χ1v) is 5.81. The minimum absolute atomic E-state index is 0.0414. The topological polar surface area (TPSA) is 38.3 Å². The molecular weight excluding hydrogens is 245 g/mol. The minimum Gasteiger partial charge on any atom is -0.497 e. The van der Waals surface area contributed by atoms with Crippen LogP contribution < -0.4 is 10.1 Å². The first-order valence-electron chi connectivity index (χ1n) is 5.81. The van der Waals surface area contributed by atoms with Crippen molar-refractivity contribution in [3.05, 3.63) is 53.8 Å². The van der Waals surface area contributed by atoms with Gasteiger partial charge in [0.05, 0.1) is 12.7 Å². The van der Waals surface area contributed by atoms with Crippen LogP contribution in [0.5, 0.6) is 5.75 Å². The van der Waals surface area contributed by atoms with Crippen LogP contribution in [0.3, 0.4) is 0 Å². The van der Waals surface area contributed by atoms with E-state index < -0.39 is 11.7 Å². The summed E-state index contributed by atoms with van der Waals surface area (Å²) in [6.07, 6.45) is 0. The van der Waals surface area contributed by atoms with Gasteiger partial charge in [0.25, 0.3) is 5.91 Å². The zero-order chi connectivity index (χ0) is 13.8. The van der Waals surface area contributed by atoms with Crippen molar-refractivity contribution in [3.63, 3.8) is 0 Å². The van der Waals surface area contributed by atoms with Gasteiger partial charge in [0.1, 0.15) is 11.6 Å². The molecule has 98 valence electrons. The van der Waals surface area contributed by atoms with Gasteiger partial charge in [0, 0.05) is 7.05 Å². The number of carbonyl (C=O) groups excluding carboxylic acids is 1. The Balaban J connectivity index is 2.35. The molecule has 1 N–H and O–H groups in total. The van der Waals surface area contributed by atoms with Crippen molar-refractivity contribution in [1.82, 2.24) is 5.32 Å². The van der Waals surface area contributed by atoms with Gasteiger partial charge in [0.15, 0.2) is 0 Å². The van der Waals surface area contributed by atoms with E-state index in [1.165, 1.54) is 19.2 Å². The normalized spacial score (nSPS) is 10.1. The molecule has 2 aromatic carbocycles. The molecule has 0 bridgehead atoms. The predicted molar refractivity (Wildman–Crippen MR) is 71.8 cm³/mol. The van der Waals surface area contributed by atoms with E-state index in [1.54, 1.807) is 25.3 Å². The van der Waals surface area contributed by atoms with Crippen LogP contribution in [0, 0.1) is 5.82 Å². The Kier molecular flexibility index (Phi) is 3.80. The molecule has 0 atom stereocenters. The molecule has 0 aliphatic heterocycles. The summed E-state index contributed by atoms with van der Waals surface area (Å²) in [5, 5.41) is 2.40. The highest BCUT2D eigenvalue weighted by molar-refractivity contribution is 5.94. The lowest BCUT2D eigenvalue weighted by atomic mass is 10.0. The smallest absolute Gasteiger partial charge is 0.253 e. The lowest BCUT2D eigenvalue weighted by molar-refractivity contribution is 0.0959. The van der Waals surface area contributed by atoms with E-state index in [1.807, 2.05) is 12.1 Å². The molecule has 0 radical (unpaired) electrons. The first kappa shape index (κ1) is 13.1. The van der Waals surface area contributed by atoms with E-state index >= 15 is 0 Å². The van der Waals surface area contributed by atoms with Crippen LogP contribution in [-0.4, -0.2) is 20.1 Å². The van der Waals surface area contributed by atoms with Crippen LogP contribution in [0.2, 0.25) is 0 Å². The fourth-order valence-electron chi connectivity index (χ4n) is 1.80. The van der Waals surface area contributed by atoms with Crippen molar-refractivity contribution in [2.75, 3.05) is 14.2 Å². The molecule has 3 nitrogen and oxygen atoms in total. The average molecular weight is 259 g/mol. The third-order valence-corrected chi connectivity index (χ3v) is 2.86. The number of halogens is 1. The molecule has 19 heavy (non-hydrogen) atoms. The number of carbonyl (C=O) groups is 1. The number of benzene rings is 2. The molecule has 4 heteroatoms. The molecule has 0 aromatic heterocycles. The molecule has 0 fully saturated rings. The van der Waals surface area contributed by atoms with Gasteiger partial charge in [-0.1, -0.05) is 18.2 Å². The molecule has 0 aliphatic rings. The Hall–Kier alpha value is -2.36. The van der Waals surface area contributed by atoms with E-state index in [0.717, 1.165) is 11.3 Å². The van der Waals surface area contributed by atoms with Crippen LogP contribution in [0.4, 0.5) is 4.39 Å². The van der Waals surface area contributed by atoms with Crippen LogP contribution in [0.25, 0.3) is 11.1 Å². The first-order chi connectivity index (χ1) is 9.15. The van der Waals surface area contributed by atoms with Crippen LogP contribution in [0.1, 0.15) is 10.4 Å². The number of ether oxygens (including phenoxy) is 1. The summed E-state index contributed by atoms with van der Waals surface area (Å²) in [5.74, 6) is -0.224. The van der Waals surface area contributed by atoms with Crippen LogP contribution in [0.15, 0.2) is 42.5 Å². The maximum absolute atomic E-state index is 13.8. The minimum atomic E-state index is -0.535. The number of nitrogens with one attached hydrogen (secondary N) is 1. The molecule has 2 aromatic rings. The number of hydrogen-bond acceptors (Lipinski definition) is 2. The van der Waals surface area contributed by atoms with Crippen molar-refractivity contribution in [1.29, 1.82) is 0 Å². The van der Waals surface area contributed by atoms with Crippen molar-refractivity contribution in [2.45, 2.75) is 0 Å². The molecule has 0 aliphatic carbocycles.